The van der Waals surface area contributed by atoms with Crippen molar-refractivity contribution < 1.29 is 0 Å². The summed E-state index contributed by atoms with van der Waals surface area (Å²) < 4.78 is 1.97. The molecule has 0 radical (unpaired) electrons. The average Bonchev–Trinajstić information content (AvgIpc) is 2.95. The Bertz CT molecular complexity index is 409. The van der Waals surface area contributed by atoms with Gasteiger partial charge < -0.3 is 5.32 Å². The molecular weight excluding hydrogens is 269 g/mol. The predicted octanol–water partition coefficient (Wildman–Crippen LogP) is 3.51. The van der Waals surface area contributed by atoms with Gasteiger partial charge in [0.15, 0.2) is 0 Å². The van der Waals surface area contributed by atoms with Crippen molar-refractivity contribution in [3.05, 3.63) is 16.4 Å². The minimum Gasteiger partial charge on any atom is -0.304 e. The summed E-state index contributed by atoms with van der Waals surface area (Å²) in [7, 11) is 0. The summed E-state index contributed by atoms with van der Waals surface area (Å²) in [5.74, 6) is 0.670. The summed E-state index contributed by atoms with van der Waals surface area (Å²) in [6.07, 6.45) is 4.85. The summed E-state index contributed by atoms with van der Waals surface area (Å²) in [4.78, 5) is 0. The van der Waals surface area contributed by atoms with Gasteiger partial charge in [0.25, 0.3) is 0 Å². The molecule has 1 saturated carbocycles. The van der Waals surface area contributed by atoms with Gasteiger partial charge in [-0.15, -0.1) is 11.6 Å². The molecule has 0 spiro atoms. The van der Waals surface area contributed by atoms with Crippen LogP contribution in [0.3, 0.4) is 0 Å². The second-order valence-electron chi connectivity index (χ2n) is 5.14. The monoisotopic (exact) mass is 289 g/mol. The van der Waals surface area contributed by atoms with Gasteiger partial charge >= 0.3 is 0 Å². The van der Waals surface area contributed by atoms with E-state index < -0.39 is 0 Å². The first-order valence-corrected chi connectivity index (χ1v) is 7.56. The summed E-state index contributed by atoms with van der Waals surface area (Å²) in [6.45, 7) is 5.63. The van der Waals surface area contributed by atoms with E-state index in [9.17, 15) is 0 Å². The van der Waals surface area contributed by atoms with Crippen molar-refractivity contribution in [2.24, 2.45) is 0 Å². The third-order valence-corrected chi connectivity index (χ3v) is 4.90. The van der Waals surface area contributed by atoms with E-state index in [2.05, 4.69) is 17.3 Å². The summed E-state index contributed by atoms with van der Waals surface area (Å²) in [5.41, 5.74) is 2.08. The van der Waals surface area contributed by atoms with E-state index in [4.69, 9.17) is 23.2 Å². The van der Waals surface area contributed by atoms with E-state index >= 15 is 0 Å². The van der Waals surface area contributed by atoms with E-state index in [1.54, 1.807) is 0 Å². The van der Waals surface area contributed by atoms with Crippen molar-refractivity contribution in [2.75, 3.05) is 5.88 Å². The van der Waals surface area contributed by atoms with Crippen LogP contribution in [-0.4, -0.2) is 21.2 Å². The lowest BCUT2D eigenvalue weighted by Crippen LogP contribution is -2.44. The topological polar surface area (TPSA) is 29.9 Å². The maximum atomic E-state index is 6.31. The van der Waals surface area contributed by atoms with E-state index in [0.717, 1.165) is 42.3 Å². The van der Waals surface area contributed by atoms with Crippen LogP contribution in [0.5, 0.6) is 0 Å². The third kappa shape index (κ3) is 2.68. The molecule has 1 N–H and O–H groups in total. The number of alkyl halides is 1. The number of halogens is 2. The molecule has 18 heavy (non-hydrogen) atoms. The number of nitrogens with one attached hydrogen (secondary N) is 1. The maximum absolute atomic E-state index is 6.31. The lowest BCUT2D eigenvalue weighted by atomic mass is 10.0. The second-order valence-corrected chi connectivity index (χ2v) is 5.78. The second kappa shape index (κ2) is 5.81. The van der Waals surface area contributed by atoms with Crippen LogP contribution >= 0.6 is 23.2 Å². The van der Waals surface area contributed by atoms with Gasteiger partial charge in [-0.2, -0.15) is 5.10 Å². The van der Waals surface area contributed by atoms with Crippen molar-refractivity contribution in [2.45, 2.75) is 58.2 Å². The quantitative estimate of drug-likeness (QED) is 0.841. The number of aryl methyl sites for hydroxylation is 2. The van der Waals surface area contributed by atoms with Crippen LogP contribution in [0.15, 0.2) is 0 Å². The largest absolute Gasteiger partial charge is 0.304 e. The molecule has 0 atom stereocenters. The highest BCUT2D eigenvalue weighted by atomic mass is 35.5. The number of hydrogen-bond donors (Lipinski definition) is 1. The van der Waals surface area contributed by atoms with Crippen molar-refractivity contribution >= 4 is 23.2 Å². The molecule has 0 aromatic carbocycles. The minimum atomic E-state index is 0.0988. The van der Waals surface area contributed by atoms with Crippen LogP contribution in [0, 0.1) is 6.92 Å². The van der Waals surface area contributed by atoms with Crippen LogP contribution in [0.2, 0.25) is 5.02 Å². The summed E-state index contributed by atoms with van der Waals surface area (Å²) in [5, 5.41) is 8.83. The maximum Gasteiger partial charge on any atom is 0.0860 e. The fourth-order valence-corrected chi connectivity index (χ4v) is 3.28. The molecule has 2 rings (SSSR count). The molecule has 5 heteroatoms. The Hall–Kier alpha value is -0.250. The first-order chi connectivity index (χ1) is 8.62. The van der Waals surface area contributed by atoms with Gasteiger partial charge in [0.2, 0.25) is 0 Å². The molecule has 1 aromatic heterocycles. The highest BCUT2D eigenvalue weighted by molar-refractivity contribution is 6.31. The molecule has 1 fully saturated rings. The zero-order valence-electron chi connectivity index (χ0n) is 11.1. The normalized spacial score (nSPS) is 18.4. The molecule has 0 unspecified atom stereocenters. The van der Waals surface area contributed by atoms with Gasteiger partial charge in [0.05, 0.1) is 16.4 Å². The van der Waals surface area contributed by atoms with Crippen LogP contribution < -0.4 is 5.32 Å². The van der Waals surface area contributed by atoms with Gasteiger partial charge in [-0.3, -0.25) is 4.68 Å². The van der Waals surface area contributed by atoms with Gasteiger partial charge in [0.1, 0.15) is 0 Å². The zero-order chi connectivity index (χ0) is 13.2. The van der Waals surface area contributed by atoms with Gasteiger partial charge in [-0.1, -0.05) is 24.4 Å². The molecule has 1 aromatic rings. The lowest BCUT2D eigenvalue weighted by molar-refractivity contribution is 0.361. The Morgan fingerprint density at radius 2 is 2.06 bits per heavy atom. The highest BCUT2D eigenvalue weighted by Gasteiger charge is 2.32. The van der Waals surface area contributed by atoms with Crippen LogP contribution in [0.4, 0.5) is 0 Å². The SMILES string of the molecule is CCn1nc(C)c(Cl)c1CNC1(CCl)CCCC1. The fraction of sp³-hybridized carbons (Fsp3) is 0.769. The smallest absolute Gasteiger partial charge is 0.0860 e. The molecule has 1 heterocycles. The Kier molecular flexibility index (Phi) is 4.57. The van der Waals surface area contributed by atoms with Crippen LogP contribution in [-0.2, 0) is 13.1 Å². The molecule has 0 saturated heterocycles. The predicted molar refractivity (Wildman–Crippen MR) is 76.4 cm³/mol. The zero-order valence-corrected chi connectivity index (χ0v) is 12.6. The molecule has 0 amide bonds. The Morgan fingerprint density at radius 1 is 1.39 bits per heavy atom. The van der Waals surface area contributed by atoms with Crippen molar-refractivity contribution in [3.63, 3.8) is 0 Å². The first kappa shape index (κ1) is 14.2. The number of rotatable bonds is 5. The molecular formula is C13H21Cl2N3. The average molecular weight is 290 g/mol. The fourth-order valence-electron chi connectivity index (χ4n) is 2.72. The molecule has 0 bridgehead atoms. The lowest BCUT2D eigenvalue weighted by Gasteiger charge is -2.28. The number of nitrogens with zero attached hydrogens (tertiary/aromatic N) is 2. The van der Waals surface area contributed by atoms with Crippen molar-refractivity contribution in [1.29, 1.82) is 0 Å². The Labute approximate surface area is 119 Å². The van der Waals surface area contributed by atoms with Gasteiger partial charge in [-0.25, -0.2) is 0 Å². The van der Waals surface area contributed by atoms with E-state index in [0.29, 0.717) is 5.88 Å². The van der Waals surface area contributed by atoms with E-state index in [1.165, 1.54) is 12.8 Å². The van der Waals surface area contributed by atoms with Crippen molar-refractivity contribution in [3.8, 4) is 0 Å². The number of aromatic nitrogens is 2. The Balaban J connectivity index is 2.09. The summed E-state index contributed by atoms with van der Waals surface area (Å²) >= 11 is 12.4. The highest BCUT2D eigenvalue weighted by Crippen LogP contribution is 2.31. The molecule has 0 aliphatic heterocycles. The Morgan fingerprint density at radius 3 is 2.61 bits per heavy atom. The molecule has 1 aliphatic rings. The third-order valence-electron chi connectivity index (χ3n) is 3.90. The van der Waals surface area contributed by atoms with E-state index in [1.807, 2.05) is 11.6 Å². The standard InChI is InChI=1S/C13H21Cl2N3/c1-3-18-11(12(15)10(2)17-18)8-16-13(9-14)6-4-5-7-13/h16H,3-9H2,1-2H3. The summed E-state index contributed by atoms with van der Waals surface area (Å²) in [6, 6.07) is 0. The van der Waals surface area contributed by atoms with Crippen molar-refractivity contribution in [1.82, 2.24) is 15.1 Å². The molecule has 1 aliphatic carbocycles. The van der Waals surface area contributed by atoms with Crippen LogP contribution in [0.1, 0.15) is 44.0 Å². The molecule has 102 valence electrons. The van der Waals surface area contributed by atoms with Crippen LogP contribution in [0.25, 0.3) is 0 Å². The van der Waals surface area contributed by atoms with Gasteiger partial charge in [-0.05, 0) is 26.7 Å². The number of hydrogen-bond acceptors (Lipinski definition) is 2. The van der Waals surface area contributed by atoms with E-state index in [-0.39, 0.29) is 5.54 Å². The molecule has 3 nitrogen and oxygen atoms in total. The minimum absolute atomic E-state index is 0.0988. The first-order valence-electron chi connectivity index (χ1n) is 6.64. The van der Waals surface area contributed by atoms with Gasteiger partial charge in [0, 0.05) is 24.5 Å².